The van der Waals surface area contributed by atoms with Gasteiger partial charge in [0.1, 0.15) is 12.1 Å². The maximum atomic E-state index is 14.1. The van der Waals surface area contributed by atoms with Gasteiger partial charge in [0.05, 0.1) is 5.52 Å². The van der Waals surface area contributed by atoms with Gasteiger partial charge in [0.25, 0.3) is 0 Å². The van der Waals surface area contributed by atoms with Crippen molar-refractivity contribution in [1.29, 1.82) is 0 Å². The molecule has 1 aliphatic heterocycles. The summed E-state index contributed by atoms with van der Waals surface area (Å²) < 4.78 is 20.0. The van der Waals surface area contributed by atoms with Crippen LogP contribution in [0, 0.1) is 17.7 Å². The second-order valence-corrected chi connectivity index (χ2v) is 6.50. The number of aromatic nitrogens is 2. The lowest BCUT2D eigenvalue weighted by Gasteiger charge is -2.15. The lowest BCUT2D eigenvalue weighted by atomic mass is 10.2. The Labute approximate surface area is 158 Å². The van der Waals surface area contributed by atoms with Crippen LogP contribution in [-0.4, -0.2) is 41.1 Å². The largest absolute Gasteiger partial charge is 0.474 e. The SMILES string of the molecule is Fc1cccc2nc(C#Cc3ccccc3)c(OCCN3CCCC3)nc12. The fourth-order valence-corrected chi connectivity index (χ4v) is 3.14. The van der Waals surface area contributed by atoms with Gasteiger partial charge in [-0.3, -0.25) is 4.90 Å². The Kier molecular flexibility index (Phi) is 5.27. The fraction of sp³-hybridized carbons (Fsp3) is 0.273. The Morgan fingerprint density at radius 1 is 0.963 bits per heavy atom. The van der Waals surface area contributed by atoms with E-state index in [-0.39, 0.29) is 11.4 Å². The molecule has 4 nitrogen and oxygen atoms in total. The summed E-state index contributed by atoms with van der Waals surface area (Å²) in [4.78, 5) is 11.2. The Morgan fingerprint density at radius 2 is 1.78 bits per heavy atom. The first kappa shape index (κ1) is 17.4. The number of ether oxygens (including phenoxy) is 1. The van der Waals surface area contributed by atoms with Crippen LogP contribution in [-0.2, 0) is 0 Å². The Bertz CT molecular complexity index is 989. The second-order valence-electron chi connectivity index (χ2n) is 6.50. The smallest absolute Gasteiger partial charge is 0.249 e. The van der Waals surface area contributed by atoms with E-state index in [1.807, 2.05) is 30.3 Å². The van der Waals surface area contributed by atoms with Crippen molar-refractivity contribution in [3.8, 4) is 17.7 Å². The third-order valence-electron chi connectivity index (χ3n) is 4.56. The molecule has 0 spiro atoms. The van der Waals surface area contributed by atoms with Crippen LogP contribution < -0.4 is 4.74 Å². The number of benzene rings is 2. The maximum Gasteiger partial charge on any atom is 0.249 e. The van der Waals surface area contributed by atoms with E-state index in [1.54, 1.807) is 12.1 Å². The minimum absolute atomic E-state index is 0.207. The standard InChI is InChI=1S/C22H20FN3O/c23-18-9-6-10-19-21(18)25-22(27-16-15-26-13-4-5-14-26)20(24-19)12-11-17-7-2-1-3-8-17/h1-3,6-10H,4-5,13-16H2. The summed E-state index contributed by atoms with van der Waals surface area (Å²) in [5.74, 6) is 5.99. The molecule has 1 saturated heterocycles. The highest BCUT2D eigenvalue weighted by Gasteiger charge is 2.14. The van der Waals surface area contributed by atoms with Gasteiger partial charge >= 0.3 is 0 Å². The van der Waals surface area contributed by atoms with Crippen molar-refractivity contribution in [2.75, 3.05) is 26.2 Å². The zero-order chi connectivity index (χ0) is 18.5. The number of para-hydroxylation sites is 1. The van der Waals surface area contributed by atoms with E-state index in [0.29, 0.717) is 17.8 Å². The average molecular weight is 361 g/mol. The molecular formula is C22H20FN3O. The zero-order valence-electron chi connectivity index (χ0n) is 15.0. The van der Waals surface area contributed by atoms with Gasteiger partial charge in [-0.25, -0.2) is 14.4 Å². The van der Waals surface area contributed by atoms with E-state index in [0.717, 1.165) is 25.2 Å². The molecule has 0 unspecified atom stereocenters. The number of rotatable bonds is 4. The van der Waals surface area contributed by atoms with Crippen molar-refractivity contribution >= 4 is 11.0 Å². The molecular weight excluding hydrogens is 341 g/mol. The third kappa shape index (κ3) is 4.24. The molecule has 1 fully saturated rings. The number of hydrogen-bond acceptors (Lipinski definition) is 4. The van der Waals surface area contributed by atoms with Crippen LogP contribution in [0.15, 0.2) is 48.5 Å². The van der Waals surface area contributed by atoms with Gasteiger partial charge in [0.15, 0.2) is 11.5 Å². The monoisotopic (exact) mass is 361 g/mol. The predicted molar refractivity (Wildman–Crippen MR) is 103 cm³/mol. The third-order valence-corrected chi connectivity index (χ3v) is 4.56. The van der Waals surface area contributed by atoms with Gasteiger partial charge in [0.2, 0.25) is 5.88 Å². The molecule has 0 amide bonds. The second kappa shape index (κ2) is 8.15. The molecule has 0 radical (unpaired) electrons. The van der Waals surface area contributed by atoms with E-state index >= 15 is 0 Å². The number of hydrogen-bond donors (Lipinski definition) is 0. The summed E-state index contributed by atoms with van der Waals surface area (Å²) in [6.07, 6.45) is 2.46. The van der Waals surface area contributed by atoms with Gasteiger partial charge in [-0.15, -0.1) is 0 Å². The van der Waals surface area contributed by atoms with Crippen molar-refractivity contribution < 1.29 is 9.13 Å². The van der Waals surface area contributed by atoms with Gasteiger partial charge in [-0.2, -0.15) is 0 Å². The Hall–Kier alpha value is -2.97. The highest BCUT2D eigenvalue weighted by Crippen LogP contribution is 2.21. The van der Waals surface area contributed by atoms with E-state index < -0.39 is 5.82 Å². The molecule has 0 saturated carbocycles. The molecule has 1 aliphatic rings. The lowest BCUT2D eigenvalue weighted by molar-refractivity contribution is 0.231. The quantitative estimate of drug-likeness (QED) is 0.665. The van der Waals surface area contributed by atoms with Crippen LogP contribution in [0.1, 0.15) is 24.1 Å². The van der Waals surface area contributed by atoms with Crippen LogP contribution in [0.5, 0.6) is 5.88 Å². The van der Waals surface area contributed by atoms with Crippen LogP contribution in [0.2, 0.25) is 0 Å². The molecule has 27 heavy (non-hydrogen) atoms. The van der Waals surface area contributed by atoms with Crippen molar-refractivity contribution in [2.45, 2.75) is 12.8 Å². The van der Waals surface area contributed by atoms with E-state index in [4.69, 9.17) is 4.74 Å². The van der Waals surface area contributed by atoms with Crippen LogP contribution in [0.4, 0.5) is 4.39 Å². The molecule has 2 heterocycles. The molecule has 0 atom stereocenters. The van der Waals surface area contributed by atoms with E-state index in [1.165, 1.54) is 18.9 Å². The summed E-state index contributed by atoms with van der Waals surface area (Å²) >= 11 is 0. The molecule has 136 valence electrons. The Morgan fingerprint density at radius 3 is 2.59 bits per heavy atom. The topological polar surface area (TPSA) is 38.2 Å². The summed E-state index contributed by atoms with van der Waals surface area (Å²) in [7, 11) is 0. The molecule has 0 N–H and O–H groups in total. The first-order valence-corrected chi connectivity index (χ1v) is 9.18. The lowest BCUT2D eigenvalue weighted by Crippen LogP contribution is -2.25. The number of fused-ring (bicyclic) bond motifs is 1. The zero-order valence-corrected chi connectivity index (χ0v) is 15.0. The molecule has 0 bridgehead atoms. The molecule has 2 aromatic carbocycles. The molecule has 3 aromatic rings. The van der Waals surface area contributed by atoms with E-state index in [9.17, 15) is 4.39 Å². The Balaban J connectivity index is 1.63. The minimum Gasteiger partial charge on any atom is -0.474 e. The van der Waals surface area contributed by atoms with Crippen molar-refractivity contribution in [3.63, 3.8) is 0 Å². The first-order chi connectivity index (χ1) is 13.3. The summed E-state index contributed by atoms with van der Waals surface area (Å²) in [6, 6.07) is 14.4. The summed E-state index contributed by atoms with van der Waals surface area (Å²) in [6.45, 7) is 3.50. The van der Waals surface area contributed by atoms with Gasteiger partial charge in [-0.1, -0.05) is 30.2 Å². The van der Waals surface area contributed by atoms with Crippen LogP contribution in [0.3, 0.4) is 0 Å². The average Bonchev–Trinajstić information content (AvgIpc) is 3.21. The molecule has 1 aromatic heterocycles. The fourth-order valence-electron chi connectivity index (χ4n) is 3.14. The first-order valence-electron chi connectivity index (χ1n) is 9.18. The maximum absolute atomic E-state index is 14.1. The van der Waals surface area contributed by atoms with Gasteiger partial charge in [-0.05, 0) is 56.1 Å². The number of halogens is 1. The predicted octanol–water partition coefficient (Wildman–Crippen LogP) is 3.64. The van der Waals surface area contributed by atoms with Crippen molar-refractivity contribution in [2.24, 2.45) is 0 Å². The minimum atomic E-state index is -0.410. The highest BCUT2D eigenvalue weighted by molar-refractivity contribution is 5.76. The van der Waals surface area contributed by atoms with E-state index in [2.05, 4.69) is 26.7 Å². The van der Waals surface area contributed by atoms with Gasteiger partial charge < -0.3 is 4.74 Å². The molecule has 0 aliphatic carbocycles. The van der Waals surface area contributed by atoms with Crippen molar-refractivity contribution in [3.05, 3.63) is 65.6 Å². The normalized spacial score (nSPS) is 14.1. The number of nitrogens with zero attached hydrogens (tertiary/aromatic N) is 3. The van der Waals surface area contributed by atoms with Crippen LogP contribution >= 0.6 is 0 Å². The van der Waals surface area contributed by atoms with Crippen molar-refractivity contribution in [1.82, 2.24) is 14.9 Å². The van der Waals surface area contributed by atoms with Crippen LogP contribution in [0.25, 0.3) is 11.0 Å². The highest BCUT2D eigenvalue weighted by atomic mass is 19.1. The molecule has 4 rings (SSSR count). The van der Waals surface area contributed by atoms with Gasteiger partial charge in [0, 0.05) is 12.1 Å². The number of likely N-dealkylation sites (tertiary alicyclic amines) is 1. The molecule has 5 heteroatoms. The summed E-state index contributed by atoms with van der Waals surface area (Å²) in [5.41, 5.74) is 1.98. The summed E-state index contributed by atoms with van der Waals surface area (Å²) in [5, 5.41) is 0.